The van der Waals surface area contributed by atoms with E-state index in [9.17, 15) is 9.90 Å². The second-order valence-corrected chi connectivity index (χ2v) is 10.5. The third kappa shape index (κ3) is 5.44. The summed E-state index contributed by atoms with van der Waals surface area (Å²) in [5.41, 5.74) is 2.66. The maximum absolute atomic E-state index is 12.9. The summed E-state index contributed by atoms with van der Waals surface area (Å²) in [4.78, 5) is 17.3. The number of aliphatic hydroxyl groups is 1. The van der Waals surface area contributed by atoms with Crippen LogP contribution in [0.3, 0.4) is 0 Å². The zero-order valence-electron chi connectivity index (χ0n) is 21.4. The van der Waals surface area contributed by atoms with E-state index in [4.69, 9.17) is 14.2 Å². The van der Waals surface area contributed by atoms with Crippen LogP contribution in [0.1, 0.15) is 66.9 Å². The molecule has 0 unspecified atom stereocenters. The molecule has 0 radical (unpaired) electrons. The monoisotopic (exact) mass is 494 g/mol. The van der Waals surface area contributed by atoms with Crippen LogP contribution in [0.4, 0.5) is 0 Å². The predicted molar refractivity (Wildman–Crippen MR) is 137 cm³/mol. The Labute approximate surface area is 213 Å². The van der Waals surface area contributed by atoms with Crippen molar-refractivity contribution in [2.24, 2.45) is 0 Å². The lowest BCUT2D eigenvalue weighted by Crippen LogP contribution is -2.50. The van der Waals surface area contributed by atoms with E-state index in [2.05, 4.69) is 30.9 Å². The largest absolute Gasteiger partial charge is 0.457 e. The minimum absolute atomic E-state index is 0.0630. The van der Waals surface area contributed by atoms with Gasteiger partial charge < -0.3 is 24.2 Å². The molecule has 2 aromatic rings. The lowest BCUT2D eigenvalue weighted by atomic mass is 9.80. The fourth-order valence-corrected chi connectivity index (χ4v) is 5.67. The van der Waals surface area contributed by atoms with Crippen LogP contribution in [0.25, 0.3) is 0 Å². The highest BCUT2D eigenvalue weighted by Gasteiger charge is 2.40. The zero-order valence-corrected chi connectivity index (χ0v) is 21.4. The molecule has 0 atom stereocenters. The van der Waals surface area contributed by atoms with Crippen LogP contribution in [-0.4, -0.2) is 72.0 Å². The van der Waals surface area contributed by atoms with Crippen LogP contribution in [0.2, 0.25) is 0 Å². The predicted octanol–water partition coefficient (Wildman–Crippen LogP) is 4.54. The number of benzene rings is 2. The van der Waals surface area contributed by atoms with Crippen molar-refractivity contribution in [2.75, 3.05) is 39.4 Å². The number of carbonyl (C=O) groups excluding carboxylic acids is 1. The molecule has 2 heterocycles. The molecular formula is C29H38N2O5. The standard InChI is InChI=1S/C29H38N2O5/c1-21(2)30-13-15-31(16-14-30)28(33)23-3-6-26(7-4-23)36-27-8-5-24(19-25(27)20-32)22-9-11-29(12-10-22)34-17-18-35-29/h3-8,19,21-22,32H,9-18,20H2,1-2H3. The Hall–Kier alpha value is -2.45. The molecular weight excluding hydrogens is 456 g/mol. The van der Waals surface area contributed by atoms with Gasteiger partial charge in [-0.1, -0.05) is 6.07 Å². The van der Waals surface area contributed by atoms with E-state index >= 15 is 0 Å². The Balaban J connectivity index is 1.20. The maximum atomic E-state index is 12.9. The van der Waals surface area contributed by atoms with Gasteiger partial charge in [0.2, 0.25) is 0 Å². The summed E-state index contributed by atoms with van der Waals surface area (Å²) in [6.45, 7) is 9.00. The SMILES string of the molecule is CC(C)N1CCN(C(=O)c2ccc(Oc3ccc(C4CCC5(CC4)OCCO5)cc3CO)cc2)CC1. The molecule has 2 aromatic carbocycles. The fraction of sp³-hybridized carbons (Fsp3) is 0.552. The Morgan fingerprint density at radius 2 is 1.69 bits per heavy atom. The van der Waals surface area contributed by atoms with Gasteiger partial charge in [0.25, 0.3) is 5.91 Å². The Morgan fingerprint density at radius 1 is 1.03 bits per heavy atom. The van der Waals surface area contributed by atoms with Crippen LogP contribution >= 0.6 is 0 Å². The Kier molecular flexibility index (Phi) is 7.62. The minimum Gasteiger partial charge on any atom is -0.457 e. The smallest absolute Gasteiger partial charge is 0.253 e. The summed E-state index contributed by atoms with van der Waals surface area (Å²) in [5, 5.41) is 10.0. The van der Waals surface area contributed by atoms with Crippen LogP contribution in [-0.2, 0) is 16.1 Å². The second kappa shape index (κ2) is 10.9. The van der Waals surface area contributed by atoms with Gasteiger partial charge in [-0.2, -0.15) is 0 Å². The van der Waals surface area contributed by atoms with Crippen molar-refractivity contribution in [2.45, 2.75) is 63.9 Å². The summed E-state index contributed by atoms with van der Waals surface area (Å²) in [6, 6.07) is 13.9. The molecule has 194 valence electrons. The third-order valence-corrected chi connectivity index (χ3v) is 7.95. The first-order valence-electron chi connectivity index (χ1n) is 13.3. The molecule has 7 nitrogen and oxygen atoms in total. The number of hydrogen-bond acceptors (Lipinski definition) is 6. The summed E-state index contributed by atoms with van der Waals surface area (Å²) in [6.07, 6.45) is 3.83. The summed E-state index contributed by atoms with van der Waals surface area (Å²) >= 11 is 0. The molecule has 36 heavy (non-hydrogen) atoms. The molecule has 2 saturated heterocycles. The van der Waals surface area contributed by atoms with Crippen LogP contribution in [0.15, 0.2) is 42.5 Å². The number of carbonyl (C=O) groups is 1. The van der Waals surface area contributed by atoms with E-state index in [0.29, 0.717) is 42.2 Å². The van der Waals surface area contributed by atoms with Gasteiger partial charge >= 0.3 is 0 Å². The zero-order chi connectivity index (χ0) is 25.1. The average molecular weight is 495 g/mol. The number of piperazine rings is 1. The normalized spacial score (nSPS) is 20.8. The summed E-state index contributed by atoms with van der Waals surface area (Å²) in [7, 11) is 0. The third-order valence-electron chi connectivity index (χ3n) is 7.95. The second-order valence-electron chi connectivity index (χ2n) is 10.5. The van der Waals surface area contributed by atoms with Gasteiger partial charge in [-0.3, -0.25) is 9.69 Å². The number of ether oxygens (including phenoxy) is 3. The lowest BCUT2D eigenvalue weighted by molar-refractivity contribution is -0.178. The molecule has 3 aliphatic rings. The van der Waals surface area contributed by atoms with Gasteiger partial charge in [0.05, 0.1) is 19.8 Å². The molecule has 7 heteroatoms. The van der Waals surface area contributed by atoms with E-state index < -0.39 is 0 Å². The number of aliphatic hydroxyl groups excluding tert-OH is 1. The Morgan fingerprint density at radius 3 is 2.31 bits per heavy atom. The minimum atomic E-state index is -0.366. The summed E-state index contributed by atoms with van der Waals surface area (Å²) in [5.74, 6) is 1.41. The quantitative estimate of drug-likeness (QED) is 0.636. The first-order valence-corrected chi connectivity index (χ1v) is 13.3. The molecule has 3 fully saturated rings. The molecule has 5 rings (SSSR count). The number of rotatable bonds is 6. The van der Waals surface area contributed by atoms with Crippen LogP contribution in [0, 0.1) is 0 Å². The number of hydrogen-bond donors (Lipinski definition) is 1. The van der Waals surface area contributed by atoms with Crippen LogP contribution < -0.4 is 4.74 Å². The van der Waals surface area contributed by atoms with Crippen molar-refractivity contribution in [3.8, 4) is 11.5 Å². The molecule has 1 N–H and O–H groups in total. The summed E-state index contributed by atoms with van der Waals surface area (Å²) < 4.78 is 17.8. The van der Waals surface area contributed by atoms with Crippen molar-refractivity contribution in [3.05, 3.63) is 59.2 Å². The molecule has 1 amide bonds. The number of nitrogens with zero attached hydrogens (tertiary/aromatic N) is 2. The van der Waals surface area contributed by atoms with Gasteiger partial charge in [-0.15, -0.1) is 0 Å². The highest BCUT2D eigenvalue weighted by Crippen LogP contribution is 2.43. The Bertz CT molecular complexity index is 1030. The van der Waals surface area contributed by atoms with E-state index in [0.717, 1.165) is 57.4 Å². The van der Waals surface area contributed by atoms with Crippen molar-refractivity contribution < 1.29 is 24.1 Å². The molecule has 2 aliphatic heterocycles. The average Bonchev–Trinajstić information content (AvgIpc) is 3.37. The molecule has 1 aliphatic carbocycles. The highest BCUT2D eigenvalue weighted by atomic mass is 16.7. The van der Waals surface area contributed by atoms with E-state index in [1.54, 1.807) is 0 Å². The van der Waals surface area contributed by atoms with Gasteiger partial charge in [-0.25, -0.2) is 0 Å². The highest BCUT2D eigenvalue weighted by molar-refractivity contribution is 5.94. The van der Waals surface area contributed by atoms with Crippen LogP contribution in [0.5, 0.6) is 11.5 Å². The van der Waals surface area contributed by atoms with Crippen molar-refractivity contribution in [1.82, 2.24) is 9.80 Å². The van der Waals surface area contributed by atoms with Crippen molar-refractivity contribution >= 4 is 5.91 Å². The molecule has 0 bridgehead atoms. The topological polar surface area (TPSA) is 71.5 Å². The first kappa shape index (κ1) is 25.2. The molecule has 0 aromatic heterocycles. The van der Waals surface area contributed by atoms with E-state index in [-0.39, 0.29) is 18.3 Å². The van der Waals surface area contributed by atoms with Gasteiger partial charge in [0.15, 0.2) is 5.79 Å². The van der Waals surface area contributed by atoms with Crippen molar-refractivity contribution in [3.63, 3.8) is 0 Å². The lowest BCUT2D eigenvalue weighted by Gasteiger charge is -2.37. The number of amides is 1. The first-order chi connectivity index (χ1) is 17.5. The molecule has 1 spiro atoms. The van der Waals surface area contributed by atoms with Crippen molar-refractivity contribution in [1.29, 1.82) is 0 Å². The maximum Gasteiger partial charge on any atom is 0.253 e. The van der Waals surface area contributed by atoms with E-state index in [1.807, 2.05) is 35.2 Å². The van der Waals surface area contributed by atoms with Gasteiger partial charge in [0.1, 0.15) is 11.5 Å². The molecule has 1 saturated carbocycles. The van der Waals surface area contributed by atoms with Gasteiger partial charge in [0, 0.05) is 56.2 Å². The van der Waals surface area contributed by atoms with Gasteiger partial charge in [-0.05, 0) is 74.6 Å². The van der Waals surface area contributed by atoms with E-state index in [1.165, 1.54) is 5.56 Å². The fourth-order valence-electron chi connectivity index (χ4n) is 5.67.